The minimum absolute atomic E-state index is 0.00858. The van der Waals surface area contributed by atoms with E-state index in [4.69, 9.17) is 10.3 Å². The average molecular weight is 342 g/mol. The van der Waals surface area contributed by atoms with Crippen molar-refractivity contribution in [2.75, 3.05) is 10.5 Å². The Bertz CT molecular complexity index is 921. The van der Waals surface area contributed by atoms with Crippen molar-refractivity contribution in [3.05, 3.63) is 48.0 Å². The van der Waals surface area contributed by atoms with Gasteiger partial charge in [0.25, 0.3) is 20.1 Å². The Morgan fingerprint density at radius 1 is 1.00 bits per heavy atom. The highest BCUT2D eigenvalue weighted by Gasteiger charge is 2.17. The molecule has 0 atom stereocenters. The second-order valence-corrected chi connectivity index (χ2v) is 7.73. The van der Waals surface area contributed by atoms with Gasteiger partial charge in [-0.15, -0.1) is 0 Å². The lowest BCUT2D eigenvalue weighted by Crippen LogP contribution is -2.14. The highest BCUT2D eigenvalue weighted by molar-refractivity contribution is 7.92. The maximum absolute atomic E-state index is 12.2. The summed E-state index contributed by atoms with van der Waals surface area (Å²) >= 11 is 0. The van der Waals surface area contributed by atoms with Gasteiger partial charge in [-0.05, 0) is 42.8 Å². The zero-order chi connectivity index (χ0) is 16.5. The van der Waals surface area contributed by atoms with Gasteiger partial charge in [-0.2, -0.15) is 8.42 Å². The summed E-state index contributed by atoms with van der Waals surface area (Å²) in [4.78, 5) is -0.455. The number of sulfonamides is 1. The van der Waals surface area contributed by atoms with Gasteiger partial charge in [0.05, 0.1) is 15.5 Å². The topological polar surface area (TPSA) is 127 Å². The molecule has 2 aromatic carbocycles. The van der Waals surface area contributed by atoms with Crippen LogP contribution in [0.25, 0.3) is 0 Å². The molecule has 2 rings (SSSR count). The van der Waals surface area contributed by atoms with Crippen LogP contribution in [0.5, 0.6) is 0 Å². The highest BCUT2D eigenvalue weighted by Crippen LogP contribution is 2.22. The first-order chi connectivity index (χ1) is 10.1. The fourth-order valence-corrected chi connectivity index (χ4v) is 3.33. The van der Waals surface area contributed by atoms with Gasteiger partial charge in [0, 0.05) is 5.69 Å². The average Bonchev–Trinajstić information content (AvgIpc) is 2.40. The number of benzene rings is 2. The number of hydrogen-bond donors (Lipinski definition) is 3. The van der Waals surface area contributed by atoms with Gasteiger partial charge in [-0.25, -0.2) is 8.42 Å². The van der Waals surface area contributed by atoms with Crippen LogP contribution in [-0.2, 0) is 20.1 Å². The summed E-state index contributed by atoms with van der Waals surface area (Å²) in [7, 11) is -8.33. The van der Waals surface area contributed by atoms with Crippen LogP contribution in [0.15, 0.2) is 52.3 Å². The first-order valence-electron chi connectivity index (χ1n) is 6.06. The van der Waals surface area contributed by atoms with Crippen molar-refractivity contribution in [2.24, 2.45) is 0 Å². The molecule has 0 amide bonds. The Morgan fingerprint density at radius 2 is 1.68 bits per heavy atom. The summed E-state index contributed by atoms with van der Waals surface area (Å²) in [5.74, 6) is 0. The summed E-state index contributed by atoms with van der Waals surface area (Å²) in [6.45, 7) is 1.74. The number of nitrogens with one attached hydrogen (secondary N) is 1. The van der Waals surface area contributed by atoms with E-state index in [1.54, 1.807) is 13.0 Å². The lowest BCUT2D eigenvalue weighted by atomic mass is 10.2. The third-order valence-corrected chi connectivity index (χ3v) is 5.17. The molecule has 0 spiro atoms. The Kier molecular flexibility index (Phi) is 4.14. The van der Waals surface area contributed by atoms with Crippen LogP contribution in [0, 0.1) is 6.92 Å². The van der Waals surface area contributed by atoms with E-state index in [-0.39, 0.29) is 10.6 Å². The smallest absolute Gasteiger partial charge is 0.294 e. The number of anilines is 2. The molecule has 7 nitrogen and oxygen atoms in total. The molecule has 0 aliphatic rings. The molecule has 0 aromatic heterocycles. The summed E-state index contributed by atoms with van der Waals surface area (Å²) in [5.41, 5.74) is 6.77. The number of aryl methyl sites for hydroxylation is 1. The third-order valence-electron chi connectivity index (χ3n) is 2.95. The van der Waals surface area contributed by atoms with Crippen LogP contribution >= 0.6 is 0 Å². The van der Waals surface area contributed by atoms with Crippen LogP contribution in [0.1, 0.15) is 5.56 Å². The van der Waals surface area contributed by atoms with Crippen molar-refractivity contribution in [3.8, 4) is 0 Å². The molecule has 22 heavy (non-hydrogen) atoms. The maximum atomic E-state index is 12.2. The Hall–Kier alpha value is -2.10. The molecule has 0 aliphatic heterocycles. The molecule has 0 heterocycles. The minimum Gasteiger partial charge on any atom is -0.398 e. The van der Waals surface area contributed by atoms with E-state index in [0.29, 0.717) is 5.69 Å². The molecule has 0 unspecified atom stereocenters. The maximum Gasteiger partial charge on any atom is 0.294 e. The number of rotatable bonds is 4. The first kappa shape index (κ1) is 16.3. The van der Waals surface area contributed by atoms with Gasteiger partial charge in [-0.3, -0.25) is 9.27 Å². The zero-order valence-electron chi connectivity index (χ0n) is 11.5. The van der Waals surface area contributed by atoms with Crippen LogP contribution in [0.4, 0.5) is 11.4 Å². The second-order valence-electron chi connectivity index (χ2n) is 4.63. The van der Waals surface area contributed by atoms with Gasteiger partial charge in [0.2, 0.25) is 0 Å². The van der Waals surface area contributed by atoms with E-state index < -0.39 is 25.0 Å². The fourth-order valence-electron chi connectivity index (χ4n) is 1.72. The van der Waals surface area contributed by atoms with Crippen LogP contribution < -0.4 is 10.5 Å². The lowest BCUT2D eigenvalue weighted by Gasteiger charge is -2.10. The van der Waals surface area contributed by atoms with E-state index in [0.717, 1.165) is 17.7 Å². The SMILES string of the molecule is Cc1ccc(S(=O)(=O)Nc2cccc(S(=O)(=O)O)c2)cc1N. The number of nitrogen functional groups attached to an aromatic ring is 1. The molecule has 0 fully saturated rings. The van der Waals surface area contributed by atoms with E-state index in [9.17, 15) is 16.8 Å². The fraction of sp³-hybridized carbons (Fsp3) is 0.0769. The molecule has 2 aromatic rings. The van der Waals surface area contributed by atoms with Gasteiger partial charge in [0.1, 0.15) is 0 Å². The van der Waals surface area contributed by atoms with Gasteiger partial charge >= 0.3 is 0 Å². The molecule has 0 radical (unpaired) electrons. The van der Waals surface area contributed by atoms with E-state index in [2.05, 4.69) is 4.72 Å². The zero-order valence-corrected chi connectivity index (χ0v) is 13.1. The Balaban J connectivity index is 2.39. The van der Waals surface area contributed by atoms with E-state index >= 15 is 0 Å². The van der Waals surface area contributed by atoms with Crippen molar-refractivity contribution in [1.29, 1.82) is 0 Å². The van der Waals surface area contributed by atoms with Gasteiger partial charge in [-0.1, -0.05) is 12.1 Å². The van der Waals surface area contributed by atoms with E-state index in [1.807, 2.05) is 0 Å². The molecule has 9 heteroatoms. The van der Waals surface area contributed by atoms with Crippen LogP contribution in [0.3, 0.4) is 0 Å². The van der Waals surface area contributed by atoms with Crippen molar-refractivity contribution < 1.29 is 21.4 Å². The normalized spacial score (nSPS) is 12.1. The van der Waals surface area contributed by atoms with Crippen LogP contribution in [0.2, 0.25) is 0 Å². The minimum atomic E-state index is -4.41. The summed E-state index contributed by atoms with van der Waals surface area (Å²) in [5, 5.41) is 0. The molecular formula is C13H14N2O5S2. The lowest BCUT2D eigenvalue weighted by molar-refractivity contribution is 0.483. The predicted molar refractivity (Wildman–Crippen MR) is 82.7 cm³/mol. The largest absolute Gasteiger partial charge is 0.398 e. The second kappa shape index (κ2) is 5.59. The monoisotopic (exact) mass is 342 g/mol. The highest BCUT2D eigenvalue weighted by atomic mass is 32.2. The van der Waals surface area contributed by atoms with Crippen molar-refractivity contribution in [2.45, 2.75) is 16.7 Å². The molecular weight excluding hydrogens is 328 g/mol. The molecule has 0 saturated heterocycles. The number of nitrogens with two attached hydrogens (primary N) is 1. The quantitative estimate of drug-likeness (QED) is 0.572. The summed E-state index contributed by atoms with van der Waals surface area (Å²) in [6, 6.07) is 9.11. The molecule has 0 saturated carbocycles. The van der Waals surface area contributed by atoms with Gasteiger partial charge < -0.3 is 5.73 Å². The molecule has 0 bridgehead atoms. The predicted octanol–water partition coefficient (Wildman–Crippen LogP) is 1.62. The molecule has 0 aliphatic carbocycles. The van der Waals surface area contributed by atoms with Crippen molar-refractivity contribution in [1.82, 2.24) is 0 Å². The summed E-state index contributed by atoms with van der Waals surface area (Å²) in [6.07, 6.45) is 0. The Morgan fingerprint density at radius 3 is 2.27 bits per heavy atom. The van der Waals surface area contributed by atoms with Crippen molar-refractivity contribution >= 4 is 31.5 Å². The van der Waals surface area contributed by atoms with Crippen molar-refractivity contribution in [3.63, 3.8) is 0 Å². The Labute approximate surface area is 128 Å². The standard InChI is InChI=1S/C13H14N2O5S2/c1-9-5-6-11(8-13(9)14)21(16,17)15-10-3-2-4-12(7-10)22(18,19)20/h2-8,15H,14H2,1H3,(H,18,19,20). The first-order valence-corrected chi connectivity index (χ1v) is 8.98. The molecule has 118 valence electrons. The third kappa shape index (κ3) is 3.56. The number of hydrogen-bond acceptors (Lipinski definition) is 5. The molecule has 4 N–H and O–H groups in total. The van der Waals surface area contributed by atoms with Crippen LogP contribution in [-0.4, -0.2) is 21.4 Å². The van der Waals surface area contributed by atoms with Gasteiger partial charge in [0.15, 0.2) is 0 Å². The summed E-state index contributed by atoms with van der Waals surface area (Å²) < 4.78 is 57.8. The van der Waals surface area contributed by atoms with E-state index in [1.165, 1.54) is 24.3 Å².